The predicted molar refractivity (Wildman–Crippen MR) is 381 cm³/mol. The second-order valence-corrected chi connectivity index (χ2v) is 25.5. The molecule has 11 atom stereocenters. The van der Waals surface area contributed by atoms with Gasteiger partial charge in [0.25, 0.3) is 0 Å². The lowest BCUT2D eigenvalue weighted by Crippen LogP contribution is -2.61. The topological polar surface area (TPSA) is 628 Å². The number of primary amides is 1. The van der Waals surface area contributed by atoms with Crippen LogP contribution in [0.25, 0.3) is 0 Å². The van der Waals surface area contributed by atoms with E-state index >= 15 is 0 Å². The van der Waals surface area contributed by atoms with Gasteiger partial charge in [0, 0.05) is 39.0 Å². The molecule has 0 unspecified atom stereocenters. The Kier molecular flexibility index (Phi) is 38.2. The molecule has 11 amide bonds. The van der Waals surface area contributed by atoms with E-state index < -0.39 is 157 Å². The summed E-state index contributed by atoms with van der Waals surface area (Å²) in [5, 5.41) is 43.0. The molecule has 0 aromatic heterocycles. The molecular weight excluding hydrogens is 1320 g/mol. The molecule has 1 aliphatic rings. The van der Waals surface area contributed by atoms with Crippen molar-refractivity contribution in [2.45, 2.75) is 197 Å². The molecule has 29 N–H and O–H groups in total. The molecule has 3 rings (SSSR count). The molecule has 0 bridgehead atoms. The van der Waals surface area contributed by atoms with Crippen molar-refractivity contribution in [1.82, 2.24) is 52.8 Å². The molecule has 36 heteroatoms. The summed E-state index contributed by atoms with van der Waals surface area (Å²) in [7, 11) is 0. The fourth-order valence-corrected chi connectivity index (χ4v) is 11.0. The molecule has 2 aromatic rings. The van der Waals surface area contributed by atoms with Gasteiger partial charge in [-0.3, -0.25) is 72.5 Å². The number of hydrogen-bond acceptors (Lipinski definition) is 18. The number of carboxylic acid groups (broad SMARTS) is 1. The summed E-state index contributed by atoms with van der Waals surface area (Å²) in [4.78, 5) is 180. The Morgan fingerprint density at radius 2 is 1.02 bits per heavy atom. The SMILES string of the molecule is CC[C@H](C)[C@H](NC(=O)[C@H](CCCN=C(N)N)NC(=O)[C@H](CCCN=C(N)N)NC(=O)[C@H](CC(C)C)NC(=O)[C@H](Cc1ccccc1)NC(=O)[C@H](CCC(=O)O)NC(=O)CNC(=O)[C@@H](N)Cc1ccc(O)cc1)C(=O)N[C@@H](CCCN=C(N)N)C(=O)N1CCC[C@H]1C(=O)N[C@@H](CCCCN)C(N)=O. The number of rotatable bonds is 47. The van der Waals surface area contributed by atoms with Crippen LogP contribution in [-0.2, 0) is 70.4 Å². The molecule has 36 nitrogen and oxygen atoms in total. The highest BCUT2D eigenvalue weighted by Crippen LogP contribution is 2.22. The second kappa shape index (κ2) is 45.4. The van der Waals surface area contributed by atoms with Crippen molar-refractivity contribution >= 4 is 88.8 Å². The normalized spacial score (nSPS) is 15.4. The van der Waals surface area contributed by atoms with E-state index in [1.807, 2.05) is 0 Å². The van der Waals surface area contributed by atoms with Gasteiger partial charge in [-0.2, -0.15) is 0 Å². The van der Waals surface area contributed by atoms with E-state index in [1.54, 1.807) is 70.2 Å². The number of nitrogens with zero attached hydrogens (tertiary/aromatic N) is 4. The van der Waals surface area contributed by atoms with Crippen molar-refractivity contribution in [3.63, 3.8) is 0 Å². The third kappa shape index (κ3) is 32.3. The first-order chi connectivity index (χ1) is 48.3. The van der Waals surface area contributed by atoms with Crippen molar-refractivity contribution in [2.24, 2.45) is 78.4 Å². The number of aliphatic carboxylic acids is 1. The smallest absolute Gasteiger partial charge is 0.303 e. The van der Waals surface area contributed by atoms with Gasteiger partial charge in [-0.1, -0.05) is 76.6 Å². The Bertz CT molecular complexity index is 3180. The molecule has 0 spiro atoms. The maximum Gasteiger partial charge on any atom is 0.303 e. The van der Waals surface area contributed by atoms with Gasteiger partial charge in [0.15, 0.2) is 17.9 Å². The Hall–Kier alpha value is -10.4. The zero-order chi connectivity index (χ0) is 76.0. The minimum atomic E-state index is -1.58. The van der Waals surface area contributed by atoms with Crippen LogP contribution in [-0.4, -0.2) is 204 Å². The highest BCUT2D eigenvalue weighted by Gasteiger charge is 2.41. The third-order valence-corrected chi connectivity index (χ3v) is 16.7. The van der Waals surface area contributed by atoms with Crippen LogP contribution in [0.3, 0.4) is 0 Å². The number of unbranched alkanes of at least 4 members (excludes halogenated alkanes) is 1. The summed E-state index contributed by atoms with van der Waals surface area (Å²) in [6.07, 6.45) is 0.927. The number of phenolic OH excluding ortho intramolecular Hbond substituents is 1. The summed E-state index contributed by atoms with van der Waals surface area (Å²) < 4.78 is 0. The van der Waals surface area contributed by atoms with Crippen LogP contribution in [0.1, 0.15) is 135 Å². The van der Waals surface area contributed by atoms with Crippen molar-refractivity contribution in [1.29, 1.82) is 0 Å². The molecule has 102 heavy (non-hydrogen) atoms. The number of carboxylic acids is 1. The fraction of sp³-hybridized carbons (Fsp3) is 0.591. The van der Waals surface area contributed by atoms with Crippen LogP contribution in [0.4, 0.5) is 0 Å². The van der Waals surface area contributed by atoms with Crippen LogP contribution in [0, 0.1) is 11.8 Å². The molecule has 0 saturated carbocycles. The fourth-order valence-electron chi connectivity index (χ4n) is 11.0. The van der Waals surface area contributed by atoms with Gasteiger partial charge >= 0.3 is 5.97 Å². The minimum absolute atomic E-state index is 0.00212. The Labute approximate surface area is 593 Å². The number of nitrogens with one attached hydrogen (secondary N) is 9. The van der Waals surface area contributed by atoms with Gasteiger partial charge in [0.2, 0.25) is 65.0 Å². The minimum Gasteiger partial charge on any atom is -0.508 e. The number of aliphatic imine (C=N–C) groups is 3. The quantitative estimate of drug-likeness (QED) is 0.0168. The molecule has 1 saturated heterocycles. The van der Waals surface area contributed by atoms with Gasteiger partial charge in [-0.05, 0) is 132 Å². The largest absolute Gasteiger partial charge is 0.508 e. The van der Waals surface area contributed by atoms with E-state index in [1.165, 1.54) is 17.0 Å². The highest BCUT2D eigenvalue weighted by molar-refractivity contribution is 5.99. The van der Waals surface area contributed by atoms with Crippen LogP contribution in [0.5, 0.6) is 5.75 Å². The maximum absolute atomic E-state index is 14.8. The van der Waals surface area contributed by atoms with E-state index in [0.29, 0.717) is 43.4 Å². The molecule has 1 fully saturated rings. The van der Waals surface area contributed by atoms with Gasteiger partial charge in [0.1, 0.15) is 60.1 Å². The summed E-state index contributed by atoms with van der Waals surface area (Å²) in [6, 6.07) is 1.01. The summed E-state index contributed by atoms with van der Waals surface area (Å²) in [5.41, 5.74) is 52.1. The van der Waals surface area contributed by atoms with Gasteiger partial charge in [-0.25, -0.2) is 0 Å². The summed E-state index contributed by atoms with van der Waals surface area (Å²) in [6.45, 7) is 6.73. The molecule has 0 radical (unpaired) electrons. The van der Waals surface area contributed by atoms with Crippen LogP contribution >= 0.6 is 0 Å². The Balaban J connectivity index is 1.99. The zero-order valence-corrected chi connectivity index (χ0v) is 58.7. The number of phenols is 1. The standard InChI is InChI=1S/C66H108N22O14/c1-5-38(4)53(62(101)84-47(20-13-31-78-66(74)75)63(102)88-32-14-21-50(88)61(100)81-43(54(69)93)17-9-10-28-67)87-58(97)45(19-12-30-77-65(72)73)82-56(95)44(18-11-29-76-64(70)71)83-59(98)48(33-37(2)3)85-60(99)49(35-39-15-7-6-8-16-39)86-57(96)46(26-27-52(91)92)80-51(90)36-79-55(94)42(68)34-40-22-24-41(89)25-23-40/h6-8,15-16,22-25,37-38,42-50,53,89H,5,9-14,17-21,26-36,67-68H2,1-4H3,(H2,69,93)(H,79,94)(H,80,90)(H,81,100)(H,82,95)(H,83,98)(H,84,101)(H,85,99)(H,86,96)(H,87,97)(H,91,92)(H4,70,71,76)(H4,72,73,77)(H4,74,75,78)/t38-,42-,43-,44-,45-,46-,47-,48-,49-,50-,53-/m0/s1. The zero-order valence-electron chi connectivity index (χ0n) is 58.7. The number of aromatic hydroxyl groups is 1. The predicted octanol–water partition coefficient (Wildman–Crippen LogP) is -4.78. The van der Waals surface area contributed by atoms with Gasteiger partial charge in [0.05, 0.1) is 12.6 Å². The van der Waals surface area contributed by atoms with Crippen molar-refractivity contribution in [3.05, 3.63) is 65.7 Å². The van der Waals surface area contributed by atoms with E-state index in [9.17, 15) is 67.7 Å². The van der Waals surface area contributed by atoms with E-state index in [-0.39, 0.29) is 126 Å². The molecule has 566 valence electrons. The van der Waals surface area contributed by atoms with Crippen molar-refractivity contribution in [2.75, 3.05) is 39.3 Å². The maximum atomic E-state index is 14.8. The average Bonchev–Trinajstić information content (AvgIpc) is 1.60. The summed E-state index contributed by atoms with van der Waals surface area (Å²) >= 11 is 0. The van der Waals surface area contributed by atoms with Crippen molar-refractivity contribution in [3.8, 4) is 5.75 Å². The third-order valence-electron chi connectivity index (χ3n) is 16.7. The second-order valence-electron chi connectivity index (χ2n) is 25.5. The number of nitrogens with two attached hydrogens (primary N) is 9. The molecule has 0 aliphatic carbocycles. The Morgan fingerprint density at radius 3 is 1.54 bits per heavy atom. The van der Waals surface area contributed by atoms with E-state index in [2.05, 4.69) is 62.8 Å². The monoisotopic (exact) mass is 1430 g/mol. The molecular formula is C66H108N22O14. The summed E-state index contributed by atoms with van der Waals surface area (Å²) in [5.74, 6) is -12.1. The number of carbonyl (C=O) groups excluding carboxylic acids is 11. The molecule has 1 aliphatic heterocycles. The number of carbonyl (C=O) groups is 12. The van der Waals surface area contributed by atoms with E-state index in [0.717, 1.165) is 0 Å². The van der Waals surface area contributed by atoms with Gasteiger partial charge in [-0.15, -0.1) is 0 Å². The van der Waals surface area contributed by atoms with Crippen LogP contribution < -0.4 is 99.5 Å². The lowest BCUT2D eigenvalue weighted by Gasteiger charge is -2.32. The number of amides is 11. The number of hydrogen-bond donors (Lipinski definition) is 20. The lowest BCUT2D eigenvalue weighted by atomic mass is 9.96. The van der Waals surface area contributed by atoms with Gasteiger partial charge < -0.3 is 115 Å². The van der Waals surface area contributed by atoms with Crippen molar-refractivity contribution < 1.29 is 67.7 Å². The highest BCUT2D eigenvalue weighted by atomic mass is 16.4. The van der Waals surface area contributed by atoms with Crippen LogP contribution in [0.15, 0.2) is 69.6 Å². The average molecular weight is 1430 g/mol. The number of likely N-dealkylation sites (tertiary alicyclic amines) is 1. The van der Waals surface area contributed by atoms with Crippen LogP contribution in [0.2, 0.25) is 0 Å². The first kappa shape index (κ1) is 85.8. The first-order valence-corrected chi connectivity index (χ1v) is 34.3. The number of benzene rings is 2. The lowest BCUT2D eigenvalue weighted by molar-refractivity contribution is -0.142. The molecule has 1 heterocycles. The first-order valence-electron chi connectivity index (χ1n) is 34.3. The Morgan fingerprint density at radius 1 is 0.539 bits per heavy atom. The number of guanidine groups is 3. The molecule has 2 aromatic carbocycles. The van der Waals surface area contributed by atoms with E-state index in [4.69, 9.17) is 51.6 Å².